The van der Waals surface area contributed by atoms with Crippen LogP contribution in [0.5, 0.6) is 0 Å². The molecule has 21 heavy (non-hydrogen) atoms. The summed E-state index contributed by atoms with van der Waals surface area (Å²) in [5.41, 5.74) is 7.75. The summed E-state index contributed by atoms with van der Waals surface area (Å²) in [6, 6.07) is 6.39. The van der Waals surface area contributed by atoms with Crippen LogP contribution in [-0.4, -0.2) is 43.2 Å². The van der Waals surface area contributed by atoms with Gasteiger partial charge in [-0.05, 0) is 45.9 Å². The van der Waals surface area contributed by atoms with Crippen molar-refractivity contribution >= 4 is 17.3 Å². The number of anilines is 2. The number of nitrogens with one attached hydrogen (secondary N) is 1. The molecule has 0 heterocycles. The van der Waals surface area contributed by atoms with Crippen molar-refractivity contribution in [3.8, 4) is 0 Å². The molecule has 1 saturated carbocycles. The van der Waals surface area contributed by atoms with Crippen molar-refractivity contribution in [2.24, 2.45) is 0 Å². The molecule has 0 aliphatic heterocycles. The molecule has 1 aromatic carbocycles. The molecular weight excluding hydrogens is 266 g/mol. The Balaban J connectivity index is 2.05. The molecule has 5 nitrogen and oxygen atoms in total. The lowest BCUT2D eigenvalue weighted by molar-refractivity contribution is 0.0527. The number of nitrogens with zero attached hydrogens (tertiary/aromatic N) is 1. The van der Waals surface area contributed by atoms with Crippen LogP contribution >= 0.6 is 0 Å². The smallest absolute Gasteiger partial charge is 0.340 e. The van der Waals surface area contributed by atoms with Crippen molar-refractivity contribution in [2.45, 2.75) is 38.8 Å². The second-order valence-electron chi connectivity index (χ2n) is 5.62. The molecule has 0 amide bonds. The number of likely N-dealkylation sites (N-methyl/N-ethyl adjacent to an activating group) is 1. The summed E-state index contributed by atoms with van der Waals surface area (Å²) in [6.07, 6.45) is 2.56. The highest BCUT2D eigenvalue weighted by Crippen LogP contribution is 2.28. The van der Waals surface area contributed by atoms with E-state index in [0.29, 0.717) is 35.6 Å². The second kappa shape index (κ2) is 6.80. The summed E-state index contributed by atoms with van der Waals surface area (Å²) in [5, 5.41) is 3.32. The average Bonchev–Trinajstić information content (AvgIpc) is 3.29. The predicted octanol–water partition coefficient (Wildman–Crippen LogP) is 2.34. The van der Waals surface area contributed by atoms with E-state index >= 15 is 0 Å². The number of nitrogens with two attached hydrogens (primary N) is 1. The van der Waals surface area contributed by atoms with Gasteiger partial charge in [0.1, 0.15) is 0 Å². The Morgan fingerprint density at radius 3 is 2.86 bits per heavy atom. The molecule has 1 fully saturated rings. The number of carbonyl (C=O) groups is 1. The van der Waals surface area contributed by atoms with Crippen LogP contribution in [0.4, 0.5) is 11.4 Å². The first-order valence-electron chi connectivity index (χ1n) is 7.56. The topological polar surface area (TPSA) is 67.6 Å². The van der Waals surface area contributed by atoms with Gasteiger partial charge in [-0.1, -0.05) is 6.07 Å². The van der Waals surface area contributed by atoms with Gasteiger partial charge in [0.05, 0.1) is 23.5 Å². The fourth-order valence-electron chi connectivity index (χ4n) is 2.38. The highest BCUT2D eigenvalue weighted by atomic mass is 16.5. The van der Waals surface area contributed by atoms with Gasteiger partial charge in [0.2, 0.25) is 0 Å². The molecule has 0 radical (unpaired) electrons. The lowest BCUT2D eigenvalue weighted by Gasteiger charge is -2.25. The summed E-state index contributed by atoms with van der Waals surface area (Å²) in [5.74, 6) is -0.337. The van der Waals surface area contributed by atoms with Gasteiger partial charge in [0.25, 0.3) is 0 Å². The maximum absolute atomic E-state index is 12.0. The molecule has 1 unspecified atom stereocenters. The maximum Gasteiger partial charge on any atom is 0.340 e. The molecule has 5 heteroatoms. The minimum absolute atomic E-state index is 0.337. The van der Waals surface area contributed by atoms with Crippen LogP contribution in [0, 0.1) is 0 Å². The van der Waals surface area contributed by atoms with E-state index in [9.17, 15) is 4.79 Å². The van der Waals surface area contributed by atoms with Crippen molar-refractivity contribution in [3.63, 3.8) is 0 Å². The molecule has 1 aliphatic carbocycles. The Kier molecular flexibility index (Phi) is 5.07. The quantitative estimate of drug-likeness (QED) is 0.596. The SMILES string of the molecule is CCOC(=O)c1cccc(N)c1NCC(C)N(C)C1CC1. The highest BCUT2D eigenvalue weighted by Gasteiger charge is 2.29. The van der Waals surface area contributed by atoms with Crippen molar-refractivity contribution < 1.29 is 9.53 Å². The summed E-state index contributed by atoms with van der Waals surface area (Å²) in [6.45, 7) is 5.07. The summed E-state index contributed by atoms with van der Waals surface area (Å²) < 4.78 is 5.08. The summed E-state index contributed by atoms with van der Waals surface area (Å²) >= 11 is 0. The number of rotatable bonds is 7. The van der Waals surface area contributed by atoms with Gasteiger partial charge in [-0.2, -0.15) is 0 Å². The van der Waals surface area contributed by atoms with Gasteiger partial charge >= 0.3 is 5.97 Å². The van der Waals surface area contributed by atoms with E-state index in [1.165, 1.54) is 12.8 Å². The lowest BCUT2D eigenvalue weighted by Crippen LogP contribution is -2.36. The first-order valence-corrected chi connectivity index (χ1v) is 7.56. The van der Waals surface area contributed by atoms with Gasteiger partial charge in [0, 0.05) is 18.6 Å². The van der Waals surface area contributed by atoms with Crippen LogP contribution in [-0.2, 0) is 4.74 Å². The first-order chi connectivity index (χ1) is 10.0. The fourth-order valence-corrected chi connectivity index (χ4v) is 2.38. The lowest BCUT2D eigenvalue weighted by atomic mass is 10.1. The standard InChI is InChI=1S/C16H25N3O2/c1-4-21-16(20)13-6-5-7-14(17)15(13)18-10-11(2)19(3)12-8-9-12/h5-7,11-12,18H,4,8-10,17H2,1-3H3. The summed E-state index contributed by atoms with van der Waals surface area (Å²) in [7, 11) is 2.14. The number of esters is 1. The molecule has 2 rings (SSSR count). The molecule has 1 atom stereocenters. The Hall–Kier alpha value is -1.75. The monoisotopic (exact) mass is 291 g/mol. The van der Waals surface area contributed by atoms with Crippen molar-refractivity contribution in [2.75, 3.05) is 31.2 Å². The minimum Gasteiger partial charge on any atom is -0.462 e. The Morgan fingerprint density at radius 2 is 2.24 bits per heavy atom. The number of benzene rings is 1. The predicted molar refractivity (Wildman–Crippen MR) is 85.5 cm³/mol. The van der Waals surface area contributed by atoms with Gasteiger partial charge < -0.3 is 15.8 Å². The zero-order chi connectivity index (χ0) is 15.4. The maximum atomic E-state index is 12.0. The van der Waals surface area contributed by atoms with Crippen LogP contribution < -0.4 is 11.1 Å². The number of nitrogen functional groups attached to an aromatic ring is 1. The van der Waals surface area contributed by atoms with E-state index in [0.717, 1.165) is 6.54 Å². The zero-order valence-electron chi connectivity index (χ0n) is 13.1. The molecule has 116 valence electrons. The fraction of sp³-hybridized carbons (Fsp3) is 0.562. The van der Waals surface area contributed by atoms with Gasteiger partial charge in [-0.15, -0.1) is 0 Å². The third-order valence-electron chi connectivity index (χ3n) is 3.98. The van der Waals surface area contributed by atoms with E-state index in [1.54, 1.807) is 25.1 Å². The molecule has 1 aliphatic rings. The number of ether oxygens (including phenoxy) is 1. The van der Waals surface area contributed by atoms with Crippen molar-refractivity contribution in [1.29, 1.82) is 0 Å². The Morgan fingerprint density at radius 1 is 1.52 bits per heavy atom. The van der Waals surface area contributed by atoms with Gasteiger partial charge in [-0.25, -0.2) is 4.79 Å². The highest BCUT2D eigenvalue weighted by molar-refractivity contribution is 5.98. The number of para-hydroxylation sites is 1. The number of hydrogen-bond donors (Lipinski definition) is 2. The van der Waals surface area contributed by atoms with Crippen molar-refractivity contribution in [3.05, 3.63) is 23.8 Å². The third-order valence-corrected chi connectivity index (χ3v) is 3.98. The van der Waals surface area contributed by atoms with E-state index in [1.807, 2.05) is 0 Å². The average molecular weight is 291 g/mol. The minimum atomic E-state index is -0.337. The molecule has 3 N–H and O–H groups in total. The van der Waals surface area contributed by atoms with Crippen LogP contribution in [0.2, 0.25) is 0 Å². The van der Waals surface area contributed by atoms with Crippen LogP contribution in [0.3, 0.4) is 0 Å². The van der Waals surface area contributed by atoms with Crippen LogP contribution in [0.15, 0.2) is 18.2 Å². The molecule has 1 aromatic rings. The van der Waals surface area contributed by atoms with Gasteiger partial charge in [0.15, 0.2) is 0 Å². The third kappa shape index (κ3) is 3.88. The van der Waals surface area contributed by atoms with E-state index in [4.69, 9.17) is 10.5 Å². The molecule has 0 aromatic heterocycles. The first kappa shape index (κ1) is 15.6. The molecular formula is C16H25N3O2. The molecule has 0 saturated heterocycles. The number of hydrogen-bond acceptors (Lipinski definition) is 5. The number of carbonyl (C=O) groups excluding carboxylic acids is 1. The second-order valence-corrected chi connectivity index (χ2v) is 5.62. The zero-order valence-corrected chi connectivity index (χ0v) is 13.1. The normalized spacial score (nSPS) is 15.8. The van der Waals surface area contributed by atoms with E-state index < -0.39 is 0 Å². The molecule has 0 bridgehead atoms. The summed E-state index contributed by atoms with van der Waals surface area (Å²) in [4.78, 5) is 14.4. The van der Waals surface area contributed by atoms with Crippen molar-refractivity contribution in [1.82, 2.24) is 4.90 Å². The Labute approximate surface area is 126 Å². The van der Waals surface area contributed by atoms with Crippen LogP contribution in [0.1, 0.15) is 37.0 Å². The van der Waals surface area contributed by atoms with Gasteiger partial charge in [-0.3, -0.25) is 4.90 Å². The van der Waals surface area contributed by atoms with E-state index in [2.05, 4.69) is 24.2 Å². The van der Waals surface area contributed by atoms with Crippen LogP contribution in [0.25, 0.3) is 0 Å². The Bertz CT molecular complexity index is 500. The molecule has 0 spiro atoms. The largest absolute Gasteiger partial charge is 0.462 e. The van der Waals surface area contributed by atoms with E-state index in [-0.39, 0.29) is 5.97 Å².